The number of aliphatic hydroxyl groups excluding tert-OH is 1. The molecule has 3 aromatic carbocycles. The van der Waals surface area contributed by atoms with E-state index in [2.05, 4.69) is 10.2 Å². The van der Waals surface area contributed by atoms with E-state index in [1.54, 1.807) is 42.5 Å². The number of aliphatic hydroxyl groups is 1. The molecular weight excluding hydrogens is 344 g/mol. The van der Waals surface area contributed by atoms with E-state index < -0.39 is 0 Å². The number of carbonyl (C=O) groups is 1. The van der Waals surface area contributed by atoms with Crippen molar-refractivity contribution < 1.29 is 20.1 Å². The Morgan fingerprint density at radius 2 is 1.56 bits per heavy atom. The summed E-state index contributed by atoms with van der Waals surface area (Å²) < 4.78 is 0. The van der Waals surface area contributed by atoms with Crippen LogP contribution < -0.4 is 0 Å². The second-order valence-corrected chi connectivity index (χ2v) is 5.89. The van der Waals surface area contributed by atoms with Gasteiger partial charge >= 0.3 is 0 Å². The molecule has 0 radical (unpaired) electrons. The number of aromatic hydroxyl groups is 2. The van der Waals surface area contributed by atoms with Gasteiger partial charge in [0.2, 0.25) is 0 Å². The number of rotatable bonds is 6. The Morgan fingerprint density at radius 3 is 2.22 bits per heavy atom. The summed E-state index contributed by atoms with van der Waals surface area (Å²) in [5.41, 5.74) is 2.05. The number of hydrogen-bond donors (Lipinski definition) is 3. The predicted octanol–water partition coefficient (Wildman–Crippen LogP) is 4.28. The first-order valence-corrected chi connectivity index (χ1v) is 8.36. The molecule has 3 N–H and O–H groups in total. The summed E-state index contributed by atoms with van der Waals surface area (Å²) in [6, 6.07) is 18.0. The number of benzene rings is 3. The highest BCUT2D eigenvalue weighted by molar-refractivity contribution is 6.11. The Labute approximate surface area is 156 Å². The van der Waals surface area contributed by atoms with Crippen LogP contribution in [0.5, 0.6) is 11.5 Å². The molecule has 6 nitrogen and oxygen atoms in total. The number of hydrogen-bond acceptors (Lipinski definition) is 6. The number of carbonyl (C=O) groups excluding carboxylic acids is 1. The third-order valence-electron chi connectivity index (χ3n) is 3.98. The first-order valence-electron chi connectivity index (χ1n) is 8.36. The fourth-order valence-electron chi connectivity index (χ4n) is 2.54. The Kier molecular flexibility index (Phi) is 5.58. The lowest BCUT2D eigenvalue weighted by Gasteiger charge is -2.06. The fraction of sp³-hybridized carbons (Fsp3) is 0.0952. The second-order valence-electron chi connectivity index (χ2n) is 5.89. The van der Waals surface area contributed by atoms with Crippen LogP contribution in [0, 0.1) is 0 Å². The van der Waals surface area contributed by atoms with E-state index in [0.717, 1.165) is 11.6 Å². The van der Waals surface area contributed by atoms with Gasteiger partial charge in [0, 0.05) is 18.2 Å². The van der Waals surface area contributed by atoms with Gasteiger partial charge in [-0.25, -0.2) is 0 Å². The van der Waals surface area contributed by atoms with Crippen LogP contribution in [0.1, 0.15) is 21.5 Å². The van der Waals surface area contributed by atoms with E-state index >= 15 is 0 Å². The molecule has 0 saturated heterocycles. The zero-order chi connectivity index (χ0) is 19.2. The smallest absolute Gasteiger partial charge is 0.196 e. The summed E-state index contributed by atoms with van der Waals surface area (Å²) in [5, 5.41) is 37.0. The molecule has 0 atom stereocenters. The van der Waals surface area contributed by atoms with Gasteiger partial charge in [-0.3, -0.25) is 4.79 Å². The summed E-state index contributed by atoms with van der Waals surface area (Å²) in [5.74, 6) is -0.982. The average Bonchev–Trinajstić information content (AvgIpc) is 2.69. The van der Waals surface area contributed by atoms with E-state index in [4.69, 9.17) is 5.11 Å². The number of azo groups is 1. The van der Waals surface area contributed by atoms with Gasteiger partial charge in [-0.15, -0.1) is 5.11 Å². The lowest BCUT2D eigenvalue weighted by molar-refractivity contribution is 0.103. The Balaban J connectivity index is 1.88. The highest BCUT2D eigenvalue weighted by Crippen LogP contribution is 2.35. The molecule has 27 heavy (non-hydrogen) atoms. The zero-order valence-electron chi connectivity index (χ0n) is 14.4. The highest BCUT2D eigenvalue weighted by atomic mass is 16.3. The molecule has 0 heterocycles. The van der Waals surface area contributed by atoms with Gasteiger partial charge in [0.25, 0.3) is 0 Å². The predicted molar refractivity (Wildman–Crippen MR) is 101 cm³/mol. The second kappa shape index (κ2) is 8.25. The van der Waals surface area contributed by atoms with Gasteiger partial charge in [0.05, 0.1) is 11.3 Å². The van der Waals surface area contributed by atoms with Crippen LogP contribution >= 0.6 is 0 Å². The summed E-state index contributed by atoms with van der Waals surface area (Å²) in [6.07, 6.45) is 0.557. The summed E-state index contributed by atoms with van der Waals surface area (Å²) in [7, 11) is 0. The molecule has 6 heteroatoms. The molecule has 0 spiro atoms. The first-order chi connectivity index (χ1) is 13.1. The minimum absolute atomic E-state index is 0.0336. The van der Waals surface area contributed by atoms with Crippen molar-refractivity contribution in [3.63, 3.8) is 0 Å². The van der Waals surface area contributed by atoms with Crippen molar-refractivity contribution in [3.05, 3.63) is 83.4 Å². The van der Waals surface area contributed by atoms with Gasteiger partial charge in [0.15, 0.2) is 5.78 Å². The summed E-state index contributed by atoms with van der Waals surface area (Å²) >= 11 is 0. The van der Waals surface area contributed by atoms with Crippen LogP contribution in [0.25, 0.3) is 0 Å². The zero-order valence-corrected chi connectivity index (χ0v) is 14.4. The topological polar surface area (TPSA) is 102 Å². The molecule has 0 fully saturated rings. The SMILES string of the molecule is O=C(c1ccccc1)c1cc(N=Nc2ccc(CCO)cc2)c(O)cc1O. The molecule has 0 aliphatic heterocycles. The Bertz CT molecular complexity index is 967. The monoisotopic (exact) mass is 362 g/mol. The van der Waals surface area contributed by atoms with Gasteiger partial charge in [-0.2, -0.15) is 5.11 Å². The molecule has 0 aromatic heterocycles. The van der Waals surface area contributed by atoms with Crippen molar-refractivity contribution in [3.8, 4) is 11.5 Å². The highest BCUT2D eigenvalue weighted by Gasteiger charge is 2.16. The van der Waals surface area contributed by atoms with Crippen molar-refractivity contribution in [1.29, 1.82) is 0 Å². The third-order valence-corrected chi connectivity index (χ3v) is 3.98. The van der Waals surface area contributed by atoms with Crippen LogP contribution in [0.3, 0.4) is 0 Å². The Morgan fingerprint density at radius 1 is 0.852 bits per heavy atom. The van der Waals surface area contributed by atoms with E-state index in [0.29, 0.717) is 17.7 Å². The van der Waals surface area contributed by atoms with E-state index in [1.807, 2.05) is 12.1 Å². The quantitative estimate of drug-likeness (QED) is 0.450. The molecule has 136 valence electrons. The lowest BCUT2D eigenvalue weighted by atomic mass is 10.0. The van der Waals surface area contributed by atoms with Crippen molar-refractivity contribution in [2.24, 2.45) is 10.2 Å². The van der Waals surface area contributed by atoms with Crippen molar-refractivity contribution >= 4 is 17.2 Å². The number of phenols is 2. The van der Waals surface area contributed by atoms with Gasteiger partial charge < -0.3 is 15.3 Å². The van der Waals surface area contributed by atoms with E-state index in [9.17, 15) is 15.0 Å². The maximum atomic E-state index is 12.6. The largest absolute Gasteiger partial charge is 0.507 e. The van der Waals surface area contributed by atoms with Crippen molar-refractivity contribution in [2.75, 3.05) is 6.61 Å². The minimum atomic E-state index is -0.377. The van der Waals surface area contributed by atoms with Crippen molar-refractivity contribution in [1.82, 2.24) is 0 Å². The van der Waals surface area contributed by atoms with Crippen LogP contribution in [0.2, 0.25) is 0 Å². The van der Waals surface area contributed by atoms with Crippen molar-refractivity contribution in [2.45, 2.75) is 6.42 Å². The average molecular weight is 362 g/mol. The third kappa shape index (κ3) is 4.37. The van der Waals surface area contributed by atoms with Crippen LogP contribution in [-0.2, 0) is 6.42 Å². The molecule has 0 bridgehead atoms. The number of ketones is 1. The van der Waals surface area contributed by atoms with Crippen LogP contribution in [0.15, 0.2) is 77.0 Å². The van der Waals surface area contributed by atoms with Crippen LogP contribution in [-0.4, -0.2) is 27.7 Å². The number of phenolic OH excluding ortho intramolecular Hbond substituents is 2. The molecule has 0 aliphatic carbocycles. The van der Waals surface area contributed by atoms with Gasteiger partial charge in [0.1, 0.15) is 17.2 Å². The summed E-state index contributed by atoms with van der Waals surface area (Å²) in [4.78, 5) is 12.6. The maximum absolute atomic E-state index is 12.6. The molecule has 0 unspecified atom stereocenters. The van der Waals surface area contributed by atoms with E-state index in [-0.39, 0.29) is 35.1 Å². The van der Waals surface area contributed by atoms with Gasteiger partial charge in [-0.1, -0.05) is 42.5 Å². The maximum Gasteiger partial charge on any atom is 0.196 e. The van der Waals surface area contributed by atoms with Gasteiger partial charge in [-0.05, 0) is 30.2 Å². The normalized spacial score (nSPS) is 11.0. The molecule has 3 aromatic rings. The minimum Gasteiger partial charge on any atom is -0.507 e. The van der Waals surface area contributed by atoms with E-state index in [1.165, 1.54) is 6.07 Å². The molecule has 0 amide bonds. The standard InChI is InChI=1S/C21H18N2O4/c24-11-10-14-6-8-16(9-7-14)22-23-18-12-17(19(25)13-20(18)26)21(27)15-4-2-1-3-5-15/h1-9,12-13,24-26H,10-11H2. The molecule has 0 aliphatic rings. The fourth-order valence-corrected chi connectivity index (χ4v) is 2.54. The molecule has 3 rings (SSSR count). The number of nitrogens with zero attached hydrogens (tertiary/aromatic N) is 2. The molecular formula is C21H18N2O4. The first kappa shape index (κ1) is 18.3. The lowest BCUT2D eigenvalue weighted by Crippen LogP contribution is -2.01. The van der Waals surface area contributed by atoms with Crippen LogP contribution in [0.4, 0.5) is 11.4 Å². The Hall–Kier alpha value is -3.51. The summed E-state index contributed by atoms with van der Waals surface area (Å²) in [6.45, 7) is 0.0699. The molecule has 0 saturated carbocycles.